The van der Waals surface area contributed by atoms with Crippen LogP contribution in [-0.2, 0) is 0 Å². The molecule has 16 heavy (non-hydrogen) atoms. The van der Waals surface area contributed by atoms with Gasteiger partial charge in [-0.3, -0.25) is 0 Å². The first-order chi connectivity index (χ1) is 7.76. The quantitative estimate of drug-likeness (QED) is 0.830. The van der Waals surface area contributed by atoms with Crippen LogP contribution in [0.2, 0.25) is 0 Å². The van der Waals surface area contributed by atoms with Crippen LogP contribution in [0, 0.1) is 0 Å². The summed E-state index contributed by atoms with van der Waals surface area (Å²) in [6.45, 7) is 0. The van der Waals surface area contributed by atoms with Crippen molar-refractivity contribution in [2.75, 3.05) is 19.1 Å². The number of nitrogens with two attached hydrogens (primary N) is 1. The number of benzene rings is 1. The van der Waals surface area contributed by atoms with Crippen molar-refractivity contribution in [2.45, 2.75) is 4.90 Å². The first-order valence-corrected chi connectivity index (χ1v) is 5.92. The van der Waals surface area contributed by atoms with Crippen LogP contribution >= 0.6 is 11.8 Å². The summed E-state index contributed by atoms with van der Waals surface area (Å²) in [6, 6.07) is 7.50. The zero-order chi connectivity index (χ0) is 11.5. The van der Waals surface area contributed by atoms with Crippen LogP contribution < -0.4 is 10.5 Å². The molecule has 0 saturated carbocycles. The Morgan fingerprint density at radius 2 is 2.25 bits per heavy atom. The zero-order valence-electron chi connectivity index (χ0n) is 9.06. The number of thioether (sulfide) groups is 1. The Hall–Kier alpha value is -1.62. The molecule has 2 aromatic rings. The molecule has 84 valence electrons. The van der Waals surface area contributed by atoms with E-state index in [1.54, 1.807) is 24.9 Å². The van der Waals surface area contributed by atoms with E-state index in [1.165, 1.54) is 0 Å². The molecule has 0 aliphatic rings. The van der Waals surface area contributed by atoms with Gasteiger partial charge < -0.3 is 15.0 Å². The van der Waals surface area contributed by atoms with Crippen LogP contribution in [0.1, 0.15) is 0 Å². The standard InChI is InChI=1S/C11H12N2O2S/c1-14-9-5-3-4-7(11(9)16-2)8-6-10(12)15-13-8/h3-6H,12H2,1-2H3. The summed E-state index contributed by atoms with van der Waals surface area (Å²) < 4.78 is 10.2. The molecule has 0 aliphatic heterocycles. The Morgan fingerprint density at radius 1 is 1.44 bits per heavy atom. The number of rotatable bonds is 3. The number of methoxy groups -OCH3 is 1. The monoisotopic (exact) mass is 236 g/mol. The molecular formula is C11H12N2O2S. The lowest BCUT2D eigenvalue weighted by Crippen LogP contribution is -1.89. The number of ether oxygens (including phenoxy) is 1. The number of hydrogen-bond acceptors (Lipinski definition) is 5. The van der Waals surface area contributed by atoms with Crippen molar-refractivity contribution in [2.24, 2.45) is 0 Å². The highest BCUT2D eigenvalue weighted by atomic mass is 32.2. The predicted molar refractivity (Wildman–Crippen MR) is 64.7 cm³/mol. The molecule has 2 N–H and O–H groups in total. The smallest absolute Gasteiger partial charge is 0.222 e. The number of hydrogen-bond donors (Lipinski definition) is 1. The van der Waals surface area contributed by atoms with E-state index in [1.807, 2.05) is 24.5 Å². The molecule has 0 atom stereocenters. The summed E-state index contributed by atoms with van der Waals surface area (Å²) in [4.78, 5) is 1.03. The number of nitrogens with zero attached hydrogens (tertiary/aromatic N) is 1. The summed E-state index contributed by atoms with van der Waals surface area (Å²) in [7, 11) is 1.65. The van der Waals surface area contributed by atoms with Gasteiger partial charge in [0.25, 0.3) is 0 Å². The molecule has 0 unspecified atom stereocenters. The molecule has 0 radical (unpaired) electrons. The van der Waals surface area contributed by atoms with Gasteiger partial charge in [0, 0.05) is 11.6 Å². The number of aromatic nitrogens is 1. The van der Waals surface area contributed by atoms with Gasteiger partial charge in [-0.1, -0.05) is 17.3 Å². The van der Waals surface area contributed by atoms with E-state index in [0.29, 0.717) is 5.88 Å². The van der Waals surface area contributed by atoms with E-state index >= 15 is 0 Å². The summed E-state index contributed by atoms with van der Waals surface area (Å²) in [5.74, 6) is 1.14. The van der Waals surface area contributed by atoms with Gasteiger partial charge in [-0.05, 0) is 12.3 Å². The minimum Gasteiger partial charge on any atom is -0.496 e. The topological polar surface area (TPSA) is 61.3 Å². The second-order valence-corrected chi connectivity index (χ2v) is 3.97. The van der Waals surface area contributed by atoms with Crippen LogP contribution in [0.25, 0.3) is 11.3 Å². The highest BCUT2D eigenvalue weighted by molar-refractivity contribution is 7.98. The van der Waals surface area contributed by atoms with Crippen molar-refractivity contribution in [1.82, 2.24) is 5.16 Å². The Morgan fingerprint density at radius 3 is 2.81 bits per heavy atom. The molecule has 0 bridgehead atoms. The van der Waals surface area contributed by atoms with Gasteiger partial charge in [0.05, 0.1) is 12.0 Å². The van der Waals surface area contributed by atoms with Gasteiger partial charge in [-0.2, -0.15) is 0 Å². The van der Waals surface area contributed by atoms with Gasteiger partial charge in [-0.25, -0.2) is 0 Å². The lowest BCUT2D eigenvalue weighted by Gasteiger charge is -2.09. The normalized spacial score (nSPS) is 10.4. The highest BCUT2D eigenvalue weighted by Gasteiger charge is 2.12. The molecular weight excluding hydrogens is 224 g/mol. The van der Waals surface area contributed by atoms with E-state index in [-0.39, 0.29) is 0 Å². The zero-order valence-corrected chi connectivity index (χ0v) is 9.88. The molecule has 0 saturated heterocycles. The third-order valence-electron chi connectivity index (χ3n) is 2.21. The van der Waals surface area contributed by atoms with Gasteiger partial charge in [0.15, 0.2) is 0 Å². The molecule has 0 fully saturated rings. The first kappa shape index (κ1) is 10.9. The largest absolute Gasteiger partial charge is 0.496 e. The minimum absolute atomic E-state index is 0.310. The molecule has 1 aromatic carbocycles. The van der Waals surface area contributed by atoms with Crippen molar-refractivity contribution >= 4 is 17.6 Å². The van der Waals surface area contributed by atoms with Crippen LogP contribution in [0.3, 0.4) is 0 Å². The summed E-state index contributed by atoms with van der Waals surface area (Å²) >= 11 is 1.60. The lowest BCUT2D eigenvalue weighted by molar-refractivity contribution is 0.405. The fourth-order valence-electron chi connectivity index (χ4n) is 1.51. The third kappa shape index (κ3) is 1.86. The molecule has 1 aromatic heterocycles. The molecule has 2 rings (SSSR count). The fourth-order valence-corrected chi connectivity index (χ4v) is 2.25. The number of anilines is 1. The van der Waals surface area contributed by atoms with E-state index in [2.05, 4.69) is 5.16 Å². The van der Waals surface area contributed by atoms with E-state index in [9.17, 15) is 0 Å². The van der Waals surface area contributed by atoms with Crippen molar-refractivity contribution in [3.8, 4) is 17.0 Å². The third-order valence-corrected chi connectivity index (χ3v) is 3.04. The van der Waals surface area contributed by atoms with Crippen LogP contribution in [-0.4, -0.2) is 18.5 Å². The van der Waals surface area contributed by atoms with Crippen LogP contribution in [0.5, 0.6) is 5.75 Å². The van der Waals surface area contributed by atoms with Crippen molar-refractivity contribution in [3.05, 3.63) is 24.3 Å². The Bertz CT molecular complexity index is 496. The lowest BCUT2D eigenvalue weighted by atomic mass is 10.1. The van der Waals surface area contributed by atoms with E-state index in [4.69, 9.17) is 15.0 Å². The maximum absolute atomic E-state index is 5.51. The summed E-state index contributed by atoms with van der Waals surface area (Å²) in [6.07, 6.45) is 1.99. The van der Waals surface area contributed by atoms with E-state index < -0.39 is 0 Å². The minimum atomic E-state index is 0.310. The summed E-state index contributed by atoms with van der Waals surface area (Å²) in [5.41, 5.74) is 7.20. The van der Waals surface area contributed by atoms with Gasteiger partial charge >= 0.3 is 0 Å². The molecule has 4 nitrogen and oxygen atoms in total. The average molecular weight is 236 g/mol. The van der Waals surface area contributed by atoms with E-state index in [0.717, 1.165) is 21.9 Å². The fraction of sp³-hybridized carbons (Fsp3) is 0.182. The summed E-state index contributed by atoms with van der Waals surface area (Å²) in [5, 5.41) is 3.90. The van der Waals surface area contributed by atoms with Gasteiger partial charge in [0.1, 0.15) is 11.4 Å². The molecule has 0 amide bonds. The maximum atomic E-state index is 5.51. The molecule has 0 spiro atoms. The Kier molecular flexibility index (Phi) is 3.05. The number of nitrogen functional groups attached to an aromatic ring is 1. The molecule has 1 heterocycles. The van der Waals surface area contributed by atoms with Gasteiger partial charge in [0.2, 0.25) is 5.88 Å². The SMILES string of the molecule is COc1cccc(-c2cc(N)on2)c1SC. The van der Waals surface area contributed by atoms with Crippen molar-refractivity contribution in [3.63, 3.8) is 0 Å². The Balaban J connectivity index is 2.56. The maximum Gasteiger partial charge on any atom is 0.222 e. The van der Waals surface area contributed by atoms with Crippen molar-refractivity contribution < 1.29 is 9.26 Å². The van der Waals surface area contributed by atoms with Crippen LogP contribution in [0.4, 0.5) is 5.88 Å². The van der Waals surface area contributed by atoms with Crippen LogP contribution in [0.15, 0.2) is 33.7 Å². The molecule has 5 heteroatoms. The van der Waals surface area contributed by atoms with Crippen molar-refractivity contribution in [1.29, 1.82) is 0 Å². The second kappa shape index (κ2) is 4.49. The second-order valence-electron chi connectivity index (χ2n) is 3.16. The average Bonchev–Trinajstić information content (AvgIpc) is 2.74. The first-order valence-electron chi connectivity index (χ1n) is 4.70. The highest BCUT2D eigenvalue weighted by Crippen LogP contribution is 2.37. The van der Waals surface area contributed by atoms with Gasteiger partial charge in [-0.15, -0.1) is 11.8 Å². The Labute approximate surface area is 97.8 Å². The molecule has 0 aliphatic carbocycles. The predicted octanol–water partition coefficient (Wildman–Crippen LogP) is 2.65.